The third kappa shape index (κ3) is 5.74. The van der Waals surface area contributed by atoms with E-state index in [4.69, 9.17) is 16.1 Å². The van der Waals surface area contributed by atoms with Crippen LogP contribution < -0.4 is 22.2 Å². The Hall–Kier alpha value is -2.58. The van der Waals surface area contributed by atoms with Gasteiger partial charge in [-0.05, 0) is 74.6 Å². The van der Waals surface area contributed by atoms with E-state index in [2.05, 4.69) is 15.3 Å². The molecule has 0 aliphatic carbocycles. The molecule has 2 rings (SSSR count). The molecule has 2 aromatic rings. The smallest absolute Gasteiger partial charge is 0.311 e. The number of nitrogens with two attached hydrogens (primary N) is 2. The number of nitrogens with zero attached hydrogens (tertiary/aromatic N) is 2. The molecule has 0 saturated heterocycles. The van der Waals surface area contributed by atoms with Crippen molar-refractivity contribution in [2.45, 2.75) is 59.2 Å². The molecule has 0 bridgehead atoms. The number of fused-ring (bicyclic) bond motifs is 1. The fourth-order valence-electron chi connectivity index (χ4n) is 2.92. The number of allylic oxidation sites excluding steroid dienone is 2. The number of rotatable bonds is 9. The summed E-state index contributed by atoms with van der Waals surface area (Å²) in [5.41, 5.74) is 13.5. The van der Waals surface area contributed by atoms with Gasteiger partial charge in [0.1, 0.15) is 11.6 Å². The van der Waals surface area contributed by atoms with Crippen molar-refractivity contribution in [3.8, 4) is 0 Å². The fraction of sp³-hybridized carbons (Fsp3) is 0.455. The van der Waals surface area contributed by atoms with Gasteiger partial charge in [-0.25, -0.2) is 4.98 Å². The maximum Gasteiger partial charge on any atom is 0.311 e. The molecule has 6 N–H and O–H groups in total. The SMILES string of the molecule is CCC(C)(OBc1cnc2ccc(N/C(N)=C/C(=C\N)C(C)C)nc2c1)C(C)(C)O. The molecule has 0 aliphatic rings. The summed E-state index contributed by atoms with van der Waals surface area (Å²) in [7, 11) is 0.331. The van der Waals surface area contributed by atoms with E-state index >= 15 is 0 Å². The zero-order valence-electron chi connectivity index (χ0n) is 18.9. The maximum atomic E-state index is 10.4. The average molecular weight is 411 g/mol. The molecule has 0 aliphatic heterocycles. The van der Waals surface area contributed by atoms with Crippen LogP contribution in [-0.2, 0) is 4.65 Å². The summed E-state index contributed by atoms with van der Waals surface area (Å²) in [6, 6.07) is 5.65. The number of anilines is 1. The van der Waals surface area contributed by atoms with E-state index in [9.17, 15) is 5.11 Å². The molecule has 0 amide bonds. The quantitative estimate of drug-likeness (QED) is 0.369. The Morgan fingerprint density at radius 1 is 1.30 bits per heavy atom. The highest BCUT2D eigenvalue weighted by atomic mass is 16.5. The highest BCUT2D eigenvalue weighted by Crippen LogP contribution is 2.28. The van der Waals surface area contributed by atoms with Crippen molar-refractivity contribution >= 4 is 29.8 Å². The molecule has 162 valence electrons. The van der Waals surface area contributed by atoms with Crippen LogP contribution in [0.4, 0.5) is 5.82 Å². The average Bonchev–Trinajstić information content (AvgIpc) is 2.68. The minimum absolute atomic E-state index is 0.268. The molecular formula is C22H34BN5O2. The molecular weight excluding hydrogens is 377 g/mol. The Labute approximate surface area is 179 Å². The van der Waals surface area contributed by atoms with Gasteiger partial charge in [0, 0.05) is 6.20 Å². The van der Waals surface area contributed by atoms with Gasteiger partial charge in [-0.2, -0.15) is 0 Å². The summed E-state index contributed by atoms with van der Waals surface area (Å²) in [4.78, 5) is 9.09. The second-order valence-electron chi connectivity index (χ2n) is 8.56. The molecule has 30 heavy (non-hydrogen) atoms. The van der Waals surface area contributed by atoms with E-state index in [1.54, 1.807) is 32.3 Å². The number of hydrogen-bond donors (Lipinski definition) is 4. The van der Waals surface area contributed by atoms with Gasteiger partial charge in [-0.15, -0.1) is 0 Å². The zero-order chi connectivity index (χ0) is 22.5. The van der Waals surface area contributed by atoms with Crippen LogP contribution in [0.1, 0.15) is 48.0 Å². The molecule has 0 saturated carbocycles. The Balaban J connectivity index is 2.21. The minimum Gasteiger partial charge on any atom is -0.426 e. The van der Waals surface area contributed by atoms with Crippen LogP contribution >= 0.6 is 0 Å². The topological polar surface area (TPSA) is 119 Å². The molecule has 0 aromatic carbocycles. The van der Waals surface area contributed by atoms with Gasteiger partial charge in [0.15, 0.2) is 0 Å². The Kier molecular flexibility index (Phi) is 7.50. The number of aromatic nitrogens is 2. The number of pyridine rings is 2. The molecule has 0 radical (unpaired) electrons. The lowest BCUT2D eigenvalue weighted by atomic mass is 9.80. The third-order valence-corrected chi connectivity index (χ3v) is 5.57. The fourth-order valence-corrected chi connectivity index (χ4v) is 2.92. The summed E-state index contributed by atoms with van der Waals surface area (Å²) in [6.07, 6.45) is 5.82. The normalized spacial score (nSPS) is 15.3. The van der Waals surface area contributed by atoms with Gasteiger partial charge in [0.2, 0.25) is 0 Å². The largest absolute Gasteiger partial charge is 0.426 e. The van der Waals surface area contributed by atoms with Gasteiger partial charge in [-0.3, -0.25) is 4.98 Å². The van der Waals surface area contributed by atoms with Gasteiger partial charge in [0.25, 0.3) is 0 Å². The summed E-state index contributed by atoms with van der Waals surface area (Å²) < 4.78 is 6.07. The van der Waals surface area contributed by atoms with Crippen LogP contribution in [0.5, 0.6) is 0 Å². The van der Waals surface area contributed by atoms with E-state index in [-0.39, 0.29) is 5.92 Å². The lowest BCUT2D eigenvalue weighted by Crippen LogP contribution is -2.51. The van der Waals surface area contributed by atoms with Crippen LogP contribution in [0.2, 0.25) is 0 Å². The first-order valence-corrected chi connectivity index (χ1v) is 10.3. The van der Waals surface area contributed by atoms with E-state index < -0.39 is 11.2 Å². The van der Waals surface area contributed by atoms with E-state index in [1.807, 2.05) is 45.9 Å². The van der Waals surface area contributed by atoms with Crippen molar-refractivity contribution in [1.29, 1.82) is 0 Å². The van der Waals surface area contributed by atoms with Gasteiger partial charge in [-0.1, -0.05) is 20.8 Å². The van der Waals surface area contributed by atoms with Gasteiger partial charge in [0.05, 0.1) is 22.2 Å². The van der Waals surface area contributed by atoms with Gasteiger partial charge >= 0.3 is 7.48 Å². The Morgan fingerprint density at radius 3 is 2.57 bits per heavy atom. The number of aliphatic hydroxyl groups is 1. The van der Waals surface area contributed by atoms with Crippen molar-refractivity contribution in [3.05, 3.63) is 48.1 Å². The molecule has 2 heterocycles. The third-order valence-electron chi connectivity index (χ3n) is 5.57. The number of hydrogen-bond acceptors (Lipinski definition) is 7. The Morgan fingerprint density at radius 2 is 2.00 bits per heavy atom. The summed E-state index contributed by atoms with van der Waals surface area (Å²) in [5.74, 6) is 1.35. The van der Waals surface area contributed by atoms with Crippen LogP contribution in [-0.4, -0.2) is 33.8 Å². The predicted octanol–water partition coefficient (Wildman–Crippen LogP) is 2.27. The lowest BCUT2D eigenvalue weighted by Gasteiger charge is -2.40. The van der Waals surface area contributed by atoms with Gasteiger partial charge < -0.3 is 26.5 Å². The van der Waals surface area contributed by atoms with Crippen LogP contribution in [0.3, 0.4) is 0 Å². The highest BCUT2D eigenvalue weighted by molar-refractivity contribution is 6.47. The molecule has 2 aromatic heterocycles. The molecule has 1 unspecified atom stereocenters. The molecule has 0 spiro atoms. The Bertz CT molecular complexity index is 937. The van der Waals surface area contributed by atoms with Crippen molar-refractivity contribution in [2.24, 2.45) is 17.4 Å². The lowest BCUT2D eigenvalue weighted by molar-refractivity contribution is -0.103. The first-order chi connectivity index (χ1) is 14.0. The molecule has 0 fully saturated rings. The standard InChI is InChI=1S/C22H34BN5O2/c1-7-22(6,21(4,5)29)30-23-16-11-18-17(26-13-16)8-9-20(27-18)28-19(25)10-15(12-24)14(2)3/h8-14,23,29H,7,24-25H2,1-6H3,(H,27,28)/b15-12+,19-10+. The van der Waals surface area contributed by atoms with Crippen LogP contribution in [0.15, 0.2) is 48.1 Å². The maximum absolute atomic E-state index is 10.4. The zero-order valence-corrected chi connectivity index (χ0v) is 18.9. The first kappa shape index (κ1) is 23.7. The van der Waals surface area contributed by atoms with E-state index in [0.717, 1.165) is 22.1 Å². The summed E-state index contributed by atoms with van der Waals surface area (Å²) in [5, 5.41) is 13.5. The van der Waals surface area contributed by atoms with Crippen molar-refractivity contribution in [2.75, 3.05) is 5.32 Å². The molecule has 1 atom stereocenters. The van der Waals surface area contributed by atoms with Crippen molar-refractivity contribution in [1.82, 2.24) is 9.97 Å². The van der Waals surface area contributed by atoms with E-state index in [0.29, 0.717) is 25.5 Å². The minimum atomic E-state index is -0.960. The number of nitrogens with one attached hydrogen (secondary N) is 1. The van der Waals surface area contributed by atoms with Crippen LogP contribution in [0, 0.1) is 5.92 Å². The molecule has 8 heteroatoms. The predicted molar refractivity (Wildman–Crippen MR) is 125 cm³/mol. The second-order valence-corrected chi connectivity index (χ2v) is 8.56. The highest BCUT2D eigenvalue weighted by Gasteiger charge is 2.38. The first-order valence-electron chi connectivity index (χ1n) is 10.3. The second kappa shape index (κ2) is 9.49. The van der Waals surface area contributed by atoms with Crippen molar-refractivity contribution < 1.29 is 9.76 Å². The molecule has 7 nitrogen and oxygen atoms in total. The summed E-state index contributed by atoms with van der Waals surface area (Å²) >= 11 is 0. The summed E-state index contributed by atoms with van der Waals surface area (Å²) in [6.45, 7) is 11.5. The van der Waals surface area contributed by atoms with Crippen molar-refractivity contribution in [3.63, 3.8) is 0 Å². The van der Waals surface area contributed by atoms with Crippen LogP contribution in [0.25, 0.3) is 11.0 Å². The van der Waals surface area contributed by atoms with E-state index in [1.165, 1.54) is 0 Å². The monoisotopic (exact) mass is 411 g/mol.